The zero-order valence-electron chi connectivity index (χ0n) is 16.2. The highest BCUT2D eigenvalue weighted by molar-refractivity contribution is 6.34. The van der Waals surface area contributed by atoms with Crippen molar-refractivity contribution in [3.8, 4) is 0 Å². The Kier molecular flexibility index (Phi) is 4.46. The number of pyridine rings is 1. The number of hydrogen-bond donors (Lipinski definition) is 0. The Morgan fingerprint density at radius 3 is 2.45 bits per heavy atom. The summed E-state index contributed by atoms with van der Waals surface area (Å²) in [7, 11) is 0. The molecule has 2 aromatic rings. The number of morpholine rings is 1. The van der Waals surface area contributed by atoms with Gasteiger partial charge in [0.05, 0.1) is 29.5 Å². The topological polar surface area (TPSA) is 71.5 Å². The van der Waals surface area contributed by atoms with Gasteiger partial charge in [-0.15, -0.1) is 0 Å². The van der Waals surface area contributed by atoms with Crippen molar-refractivity contribution in [3.63, 3.8) is 0 Å². The number of rotatable bonds is 2. The van der Waals surface area contributed by atoms with Crippen LogP contribution in [0.2, 0.25) is 10.4 Å². The Bertz CT molecular complexity index is 970. The van der Waals surface area contributed by atoms with Gasteiger partial charge in [-0.05, 0) is 50.4 Å². The van der Waals surface area contributed by atoms with Crippen molar-refractivity contribution < 1.29 is 9.53 Å². The minimum Gasteiger partial charge on any atom is -0.372 e. The van der Waals surface area contributed by atoms with E-state index < -0.39 is 5.41 Å². The van der Waals surface area contributed by atoms with Gasteiger partial charge in [-0.25, -0.2) is 9.97 Å². The standard InChI is InChI=1S/C20H21Cl2N5O2/c1-11-9-26(10-12(2)29-11)14-5-4-13(8-23-14)27-17-15(16(21)24-19(22)25-17)20(18(27)28)6-3-7-20/h4-5,8,11-12H,3,6-7,9-10H2,1-2H3/t11-,12+. The highest BCUT2D eigenvalue weighted by Crippen LogP contribution is 2.56. The molecule has 7 nitrogen and oxygen atoms in total. The second-order valence-electron chi connectivity index (χ2n) is 8.10. The maximum absolute atomic E-state index is 13.4. The molecule has 0 radical (unpaired) electrons. The van der Waals surface area contributed by atoms with Crippen LogP contribution in [0.25, 0.3) is 0 Å². The summed E-state index contributed by atoms with van der Waals surface area (Å²) >= 11 is 12.5. The summed E-state index contributed by atoms with van der Waals surface area (Å²) < 4.78 is 5.80. The number of nitrogens with zero attached hydrogens (tertiary/aromatic N) is 5. The Hall–Kier alpha value is -1.96. The molecule has 0 bridgehead atoms. The van der Waals surface area contributed by atoms with E-state index >= 15 is 0 Å². The summed E-state index contributed by atoms with van der Waals surface area (Å²) in [4.78, 5) is 30.3. The lowest BCUT2D eigenvalue weighted by Crippen LogP contribution is -2.46. The van der Waals surface area contributed by atoms with Crippen LogP contribution in [0.15, 0.2) is 18.3 Å². The van der Waals surface area contributed by atoms with Crippen LogP contribution in [-0.4, -0.2) is 46.2 Å². The van der Waals surface area contributed by atoms with Gasteiger partial charge in [0, 0.05) is 18.7 Å². The van der Waals surface area contributed by atoms with Crippen LogP contribution in [0.5, 0.6) is 0 Å². The van der Waals surface area contributed by atoms with E-state index in [1.807, 2.05) is 12.1 Å². The van der Waals surface area contributed by atoms with E-state index in [-0.39, 0.29) is 28.6 Å². The number of ether oxygens (including phenoxy) is 1. The van der Waals surface area contributed by atoms with Gasteiger partial charge in [-0.2, -0.15) is 4.98 Å². The molecule has 9 heteroatoms. The molecule has 1 aliphatic carbocycles. The molecule has 1 saturated carbocycles. The number of hydrogen-bond acceptors (Lipinski definition) is 6. The molecule has 2 aliphatic heterocycles. The number of anilines is 3. The minimum atomic E-state index is -0.634. The van der Waals surface area contributed by atoms with Gasteiger partial charge < -0.3 is 9.64 Å². The van der Waals surface area contributed by atoms with Crippen LogP contribution >= 0.6 is 23.2 Å². The average Bonchev–Trinajstić information content (AvgIpc) is 2.89. The molecule has 3 aliphatic rings. The Labute approximate surface area is 179 Å². The lowest BCUT2D eigenvalue weighted by molar-refractivity contribution is -0.125. The molecule has 0 N–H and O–H groups in total. The number of halogens is 2. The SMILES string of the molecule is C[C@@H]1CN(c2ccc(N3C(=O)C4(CCC4)c4c(Cl)nc(Cl)nc43)cn2)C[C@H](C)O1. The summed E-state index contributed by atoms with van der Waals surface area (Å²) in [6.45, 7) is 5.68. The van der Waals surface area contributed by atoms with Crippen LogP contribution in [0.3, 0.4) is 0 Å². The van der Waals surface area contributed by atoms with Crippen molar-refractivity contribution in [3.05, 3.63) is 34.3 Å². The highest BCUT2D eigenvalue weighted by atomic mass is 35.5. The Balaban J connectivity index is 1.51. The maximum Gasteiger partial charge on any atom is 0.243 e. The van der Waals surface area contributed by atoms with E-state index in [0.717, 1.165) is 38.2 Å². The molecule has 0 unspecified atom stereocenters. The largest absolute Gasteiger partial charge is 0.372 e. The van der Waals surface area contributed by atoms with Crippen molar-refractivity contribution in [2.75, 3.05) is 22.9 Å². The summed E-state index contributed by atoms with van der Waals surface area (Å²) in [6.07, 6.45) is 4.47. The first-order valence-electron chi connectivity index (χ1n) is 9.83. The van der Waals surface area contributed by atoms with Gasteiger partial charge >= 0.3 is 0 Å². The second-order valence-corrected chi connectivity index (χ2v) is 8.79. The number of fused-ring (bicyclic) bond motifs is 2. The second kappa shape index (κ2) is 6.79. The van der Waals surface area contributed by atoms with Gasteiger partial charge in [-0.3, -0.25) is 9.69 Å². The molecule has 0 aromatic carbocycles. The molecule has 4 heterocycles. The zero-order chi connectivity index (χ0) is 20.3. The van der Waals surface area contributed by atoms with Gasteiger partial charge in [0.1, 0.15) is 11.0 Å². The van der Waals surface area contributed by atoms with E-state index in [2.05, 4.69) is 33.7 Å². The fourth-order valence-corrected chi connectivity index (χ4v) is 5.24. The van der Waals surface area contributed by atoms with Crippen LogP contribution in [0.1, 0.15) is 38.7 Å². The third kappa shape index (κ3) is 2.90. The fraction of sp³-hybridized carbons (Fsp3) is 0.500. The van der Waals surface area contributed by atoms with Crippen molar-refractivity contribution in [2.45, 2.75) is 50.7 Å². The van der Waals surface area contributed by atoms with Gasteiger partial charge in [0.15, 0.2) is 5.82 Å². The number of amides is 1. The van der Waals surface area contributed by atoms with Crippen molar-refractivity contribution >= 4 is 46.4 Å². The average molecular weight is 434 g/mol. The van der Waals surface area contributed by atoms with E-state index in [4.69, 9.17) is 27.9 Å². The van der Waals surface area contributed by atoms with Crippen molar-refractivity contribution in [1.82, 2.24) is 15.0 Å². The first kappa shape index (κ1) is 19.0. The zero-order valence-corrected chi connectivity index (χ0v) is 17.7. The molecule has 152 valence electrons. The quantitative estimate of drug-likeness (QED) is 0.528. The van der Waals surface area contributed by atoms with Gasteiger partial charge in [0.2, 0.25) is 11.2 Å². The molecular formula is C20H21Cl2N5O2. The molecule has 5 rings (SSSR count). The highest BCUT2D eigenvalue weighted by Gasteiger charge is 2.57. The third-order valence-corrected chi connectivity index (χ3v) is 6.51. The van der Waals surface area contributed by atoms with E-state index in [1.165, 1.54) is 0 Å². The number of carbonyl (C=O) groups excluding carboxylic acids is 1. The van der Waals surface area contributed by atoms with Crippen LogP contribution in [-0.2, 0) is 14.9 Å². The minimum absolute atomic E-state index is 0.0274. The fourth-order valence-electron chi connectivity index (χ4n) is 4.68. The van der Waals surface area contributed by atoms with Crippen LogP contribution in [0.4, 0.5) is 17.3 Å². The number of carbonyl (C=O) groups is 1. The summed E-state index contributed by atoms with van der Waals surface area (Å²) in [5.74, 6) is 1.31. The molecule has 1 saturated heterocycles. The van der Waals surface area contributed by atoms with Crippen LogP contribution in [0, 0.1) is 0 Å². The summed E-state index contributed by atoms with van der Waals surface area (Å²) in [5, 5.41) is 0.292. The van der Waals surface area contributed by atoms with E-state index in [9.17, 15) is 4.79 Å². The first-order valence-corrected chi connectivity index (χ1v) is 10.6. The molecule has 1 amide bonds. The van der Waals surface area contributed by atoms with E-state index in [0.29, 0.717) is 17.1 Å². The van der Waals surface area contributed by atoms with Crippen LogP contribution < -0.4 is 9.80 Å². The van der Waals surface area contributed by atoms with Gasteiger partial charge in [-0.1, -0.05) is 18.0 Å². The predicted molar refractivity (Wildman–Crippen MR) is 111 cm³/mol. The predicted octanol–water partition coefficient (Wildman–Crippen LogP) is 3.89. The smallest absolute Gasteiger partial charge is 0.243 e. The molecular weight excluding hydrogens is 413 g/mol. The Morgan fingerprint density at radius 2 is 1.86 bits per heavy atom. The number of aromatic nitrogens is 3. The molecule has 2 aromatic heterocycles. The summed E-state index contributed by atoms with van der Waals surface area (Å²) in [6, 6.07) is 3.83. The molecule has 1 spiro atoms. The normalized spacial score (nSPS) is 25.3. The Morgan fingerprint density at radius 1 is 1.14 bits per heavy atom. The lowest BCUT2D eigenvalue weighted by Gasteiger charge is -2.37. The first-order chi connectivity index (χ1) is 13.9. The summed E-state index contributed by atoms with van der Waals surface area (Å²) in [5.41, 5.74) is 0.716. The molecule has 29 heavy (non-hydrogen) atoms. The van der Waals surface area contributed by atoms with Gasteiger partial charge in [0.25, 0.3) is 0 Å². The van der Waals surface area contributed by atoms with E-state index in [1.54, 1.807) is 11.1 Å². The molecule has 2 fully saturated rings. The lowest BCUT2D eigenvalue weighted by atomic mass is 9.66. The maximum atomic E-state index is 13.4. The molecule has 2 atom stereocenters. The van der Waals surface area contributed by atoms with Crippen molar-refractivity contribution in [2.24, 2.45) is 0 Å². The third-order valence-electron chi connectivity index (χ3n) is 6.06. The van der Waals surface area contributed by atoms with Crippen molar-refractivity contribution in [1.29, 1.82) is 0 Å². The monoisotopic (exact) mass is 433 g/mol.